The largest absolute Gasteiger partial charge is 0.443 e. The molecule has 0 atom stereocenters. The maximum atomic E-state index is 5.82. The Balaban J connectivity index is 1.64. The Morgan fingerprint density at radius 3 is 2.75 bits per heavy atom. The van der Waals surface area contributed by atoms with Gasteiger partial charge in [0, 0.05) is 17.5 Å². The molecule has 28 heavy (non-hydrogen) atoms. The fourth-order valence-electron chi connectivity index (χ4n) is 2.57. The molecule has 148 valence electrons. The first-order valence-electron chi connectivity index (χ1n) is 9.37. The zero-order valence-corrected chi connectivity index (χ0v) is 16.8. The third-order valence-corrected chi connectivity index (χ3v) is 4.08. The summed E-state index contributed by atoms with van der Waals surface area (Å²) in [5, 5.41) is 13.3. The van der Waals surface area contributed by atoms with Crippen LogP contribution in [-0.4, -0.2) is 32.7 Å². The van der Waals surface area contributed by atoms with Crippen LogP contribution in [0.2, 0.25) is 0 Å². The number of hydrogen-bond acceptors (Lipinski definition) is 5. The van der Waals surface area contributed by atoms with E-state index in [1.54, 1.807) is 6.20 Å². The van der Waals surface area contributed by atoms with Gasteiger partial charge in [-0.25, -0.2) is 15.0 Å². The minimum Gasteiger partial charge on any atom is -0.443 e. The summed E-state index contributed by atoms with van der Waals surface area (Å²) in [7, 11) is 0. The summed E-state index contributed by atoms with van der Waals surface area (Å²) in [4.78, 5) is 13.2. The average Bonchev–Trinajstić information content (AvgIpc) is 3.36. The smallest absolute Gasteiger partial charge is 0.213 e. The number of aromatic amines is 1. The summed E-state index contributed by atoms with van der Waals surface area (Å²) >= 11 is 0. The number of aliphatic imine (C=N–C) groups is 1. The number of hydrogen-bond donors (Lipinski definition) is 3. The van der Waals surface area contributed by atoms with Crippen molar-refractivity contribution in [1.29, 1.82) is 0 Å². The molecule has 0 spiro atoms. The zero-order chi connectivity index (χ0) is 20.0. The van der Waals surface area contributed by atoms with Gasteiger partial charge >= 0.3 is 0 Å². The van der Waals surface area contributed by atoms with Crippen LogP contribution in [0.3, 0.4) is 0 Å². The topological polar surface area (TPSA) is 104 Å². The molecule has 0 fully saturated rings. The molecule has 0 aliphatic heterocycles. The Morgan fingerprint density at radius 2 is 2.07 bits per heavy atom. The van der Waals surface area contributed by atoms with Crippen LogP contribution < -0.4 is 10.6 Å². The molecule has 0 radical (unpaired) electrons. The van der Waals surface area contributed by atoms with Gasteiger partial charge in [-0.2, -0.15) is 5.10 Å². The Labute approximate surface area is 164 Å². The second kappa shape index (κ2) is 8.69. The van der Waals surface area contributed by atoms with Crippen molar-refractivity contribution >= 4 is 5.96 Å². The van der Waals surface area contributed by atoms with Gasteiger partial charge in [-0.3, -0.25) is 5.10 Å². The first-order valence-corrected chi connectivity index (χ1v) is 9.37. The molecule has 0 aliphatic carbocycles. The van der Waals surface area contributed by atoms with E-state index in [-0.39, 0.29) is 5.41 Å². The Kier molecular flexibility index (Phi) is 6.08. The number of oxazole rings is 1. The van der Waals surface area contributed by atoms with Crippen molar-refractivity contribution in [2.24, 2.45) is 4.99 Å². The molecule has 3 aromatic rings. The van der Waals surface area contributed by atoms with Gasteiger partial charge in [-0.1, -0.05) is 39.0 Å². The molecule has 0 aliphatic rings. The molecule has 3 rings (SSSR count). The van der Waals surface area contributed by atoms with Crippen LogP contribution in [0.1, 0.15) is 44.9 Å². The summed E-state index contributed by atoms with van der Waals surface area (Å²) in [6, 6.07) is 8.07. The number of nitrogens with one attached hydrogen (secondary N) is 3. The lowest BCUT2D eigenvalue weighted by Gasteiger charge is -2.13. The van der Waals surface area contributed by atoms with Gasteiger partial charge in [-0.15, -0.1) is 0 Å². The molecule has 0 saturated heterocycles. The maximum Gasteiger partial charge on any atom is 0.213 e. The molecule has 0 bridgehead atoms. The summed E-state index contributed by atoms with van der Waals surface area (Å²) < 4.78 is 5.82. The Bertz CT molecular complexity index is 907. The Morgan fingerprint density at radius 1 is 1.21 bits per heavy atom. The first-order chi connectivity index (χ1) is 13.5. The van der Waals surface area contributed by atoms with Crippen molar-refractivity contribution in [3.05, 3.63) is 54.0 Å². The molecule has 2 aromatic heterocycles. The first kappa shape index (κ1) is 19.6. The van der Waals surface area contributed by atoms with Crippen LogP contribution in [0, 0.1) is 0 Å². The van der Waals surface area contributed by atoms with E-state index in [0.29, 0.717) is 24.9 Å². The van der Waals surface area contributed by atoms with Gasteiger partial charge < -0.3 is 15.1 Å². The average molecular weight is 381 g/mol. The van der Waals surface area contributed by atoms with E-state index in [9.17, 15) is 0 Å². The molecular weight excluding hydrogens is 354 g/mol. The summed E-state index contributed by atoms with van der Waals surface area (Å²) in [5.74, 6) is 2.97. The minimum atomic E-state index is -0.0572. The number of rotatable bonds is 6. The summed E-state index contributed by atoms with van der Waals surface area (Å²) in [6.45, 7) is 10.1. The lowest BCUT2D eigenvalue weighted by molar-refractivity contribution is 0.379. The summed E-state index contributed by atoms with van der Waals surface area (Å²) in [5.41, 5.74) is 2.01. The van der Waals surface area contributed by atoms with Crippen LogP contribution in [0.25, 0.3) is 11.4 Å². The number of guanidine groups is 1. The van der Waals surface area contributed by atoms with Crippen LogP contribution in [0.5, 0.6) is 0 Å². The SMILES string of the molecule is CCNC(=NCc1cccc(-c2ncn[nH]2)c1)NCc1ncc(C(C)(C)C)o1. The van der Waals surface area contributed by atoms with Crippen molar-refractivity contribution in [3.63, 3.8) is 0 Å². The number of aromatic nitrogens is 4. The van der Waals surface area contributed by atoms with Gasteiger partial charge in [0.2, 0.25) is 5.89 Å². The quantitative estimate of drug-likeness (QED) is 0.448. The molecule has 0 amide bonds. The van der Waals surface area contributed by atoms with Gasteiger partial charge in [-0.05, 0) is 18.6 Å². The fraction of sp³-hybridized carbons (Fsp3) is 0.400. The fourth-order valence-corrected chi connectivity index (χ4v) is 2.57. The molecule has 0 unspecified atom stereocenters. The monoisotopic (exact) mass is 381 g/mol. The molecule has 0 saturated carbocycles. The van der Waals surface area contributed by atoms with Crippen molar-refractivity contribution in [1.82, 2.24) is 30.8 Å². The zero-order valence-electron chi connectivity index (χ0n) is 16.8. The van der Waals surface area contributed by atoms with E-state index in [1.807, 2.05) is 25.1 Å². The summed E-state index contributed by atoms with van der Waals surface area (Å²) in [6.07, 6.45) is 3.29. The highest BCUT2D eigenvalue weighted by Crippen LogP contribution is 2.22. The second-order valence-electron chi connectivity index (χ2n) is 7.45. The van der Waals surface area contributed by atoms with E-state index in [4.69, 9.17) is 4.42 Å². The van der Waals surface area contributed by atoms with Gasteiger partial charge in [0.1, 0.15) is 12.1 Å². The van der Waals surface area contributed by atoms with Crippen LogP contribution in [0.4, 0.5) is 0 Å². The number of H-pyrrole nitrogens is 1. The third kappa shape index (κ3) is 5.18. The number of nitrogens with zero attached hydrogens (tertiary/aromatic N) is 4. The van der Waals surface area contributed by atoms with Crippen molar-refractivity contribution in [2.75, 3.05) is 6.54 Å². The highest BCUT2D eigenvalue weighted by molar-refractivity contribution is 5.79. The predicted octanol–water partition coefficient (Wildman–Crippen LogP) is 3.01. The van der Waals surface area contributed by atoms with Crippen LogP contribution in [-0.2, 0) is 18.5 Å². The molecule has 3 N–H and O–H groups in total. The lowest BCUT2D eigenvalue weighted by atomic mass is 9.94. The standard InChI is InChI=1S/C20H27N7O/c1-5-21-19(24-12-17-22-11-16(28-17)20(2,3)4)23-10-14-7-6-8-15(9-14)18-25-13-26-27-18/h6-9,11,13H,5,10,12H2,1-4H3,(H2,21,23,24)(H,25,26,27). The minimum absolute atomic E-state index is 0.0572. The highest BCUT2D eigenvalue weighted by atomic mass is 16.4. The van der Waals surface area contributed by atoms with Crippen molar-refractivity contribution in [2.45, 2.75) is 46.2 Å². The third-order valence-electron chi connectivity index (χ3n) is 4.08. The van der Waals surface area contributed by atoms with Crippen LogP contribution >= 0.6 is 0 Å². The van der Waals surface area contributed by atoms with E-state index in [2.05, 4.69) is 62.6 Å². The Hall–Kier alpha value is -3.16. The molecule has 1 aromatic carbocycles. The van der Waals surface area contributed by atoms with Gasteiger partial charge in [0.25, 0.3) is 0 Å². The van der Waals surface area contributed by atoms with Crippen molar-refractivity contribution in [3.8, 4) is 11.4 Å². The van der Waals surface area contributed by atoms with E-state index in [0.717, 1.165) is 29.3 Å². The van der Waals surface area contributed by atoms with Crippen molar-refractivity contribution < 1.29 is 4.42 Å². The second-order valence-corrected chi connectivity index (χ2v) is 7.45. The molecule has 2 heterocycles. The number of benzene rings is 1. The van der Waals surface area contributed by atoms with E-state index < -0.39 is 0 Å². The highest BCUT2D eigenvalue weighted by Gasteiger charge is 2.19. The molecular formula is C20H27N7O. The van der Waals surface area contributed by atoms with E-state index in [1.165, 1.54) is 6.33 Å². The van der Waals surface area contributed by atoms with E-state index >= 15 is 0 Å². The molecule has 8 nitrogen and oxygen atoms in total. The molecule has 8 heteroatoms. The normalized spacial score (nSPS) is 12.2. The van der Waals surface area contributed by atoms with Crippen LogP contribution in [0.15, 0.2) is 46.2 Å². The predicted molar refractivity (Wildman–Crippen MR) is 109 cm³/mol. The van der Waals surface area contributed by atoms with Gasteiger partial charge in [0.15, 0.2) is 11.8 Å². The lowest BCUT2D eigenvalue weighted by Crippen LogP contribution is -2.36. The maximum absolute atomic E-state index is 5.82. The van der Waals surface area contributed by atoms with Gasteiger partial charge in [0.05, 0.1) is 19.3 Å².